The summed E-state index contributed by atoms with van der Waals surface area (Å²) in [7, 11) is 0.0367. The summed E-state index contributed by atoms with van der Waals surface area (Å²) in [4.78, 5) is 16.2. The van der Waals surface area contributed by atoms with Crippen LogP contribution in [0.3, 0.4) is 0 Å². The lowest BCUT2D eigenvalue weighted by Crippen LogP contribution is -2.28. The molecule has 7 nitrogen and oxygen atoms in total. The molecule has 3 aromatic rings. The Morgan fingerprint density at radius 3 is 2.86 bits per heavy atom. The summed E-state index contributed by atoms with van der Waals surface area (Å²) in [5.74, 6) is 0.189. The fourth-order valence-electron chi connectivity index (χ4n) is 2.53. The first-order chi connectivity index (χ1) is 13.9. The fraction of sp³-hybridized carbons (Fsp3) is 0.250. The average molecular weight is 417 g/mol. The summed E-state index contributed by atoms with van der Waals surface area (Å²) in [5, 5.41) is 6.50. The van der Waals surface area contributed by atoms with Crippen molar-refractivity contribution in [3.8, 4) is 17.1 Å². The van der Waals surface area contributed by atoms with Crippen molar-refractivity contribution < 1.29 is 22.7 Å². The molecule has 0 spiro atoms. The van der Waals surface area contributed by atoms with Crippen molar-refractivity contribution in [1.29, 1.82) is 0 Å². The maximum atomic E-state index is 13.5. The van der Waals surface area contributed by atoms with Gasteiger partial charge in [0.25, 0.3) is 0 Å². The molecule has 0 aliphatic carbocycles. The number of rotatable bonds is 8. The second-order valence-corrected chi connectivity index (χ2v) is 7.79. The molecule has 1 unspecified atom stereocenters. The van der Waals surface area contributed by atoms with Crippen molar-refractivity contribution in [3.63, 3.8) is 0 Å². The lowest BCUT2D eigenvalue weighted by atomic mass is 10.1. The van der Waals surface area contributed by atoms with Gasteiger partial charge in [0, 0.05) is 22.9 Å². The number of ether oxygens (including phenoxy) is 1. The highest BCUT2D eigenvalue weighted by Crippen LogP contribution is 2.21. The Labute approximate surface area is 169 Å². The maximum absolute atomic E-state index is 13.5. The molecule has 2 aromatic carbocycles. The van der Waals surface area contributed by atoms with Crippen molar-refractivity contribution >= 4 is 16.7 Å². The van der Waals surface area contributed by atoms with E-state index in [1.807, 2.05) is 0 Å². The van der Waals surface area contributed by atoms with Crippen LogP contribution in [-0.2, 0) is 27.9 Å². The van der Waals surface area contributed by atoms with Gasteiger partial charge in [0.05, 0.1) is 7.11 Å². The van der Waals surface area contributed by atoms with Gasteiger partial charge in [-0.3, -0.25) is 9.00 Å². The van der Waals surface area contributed by atoms with E-state index in [4.69, 9.17) is 9.26 Å². The molecule has 0 saturated heterocycles. The van der Waals surface area contributed by atoms with Gasteiger partial charge in [-0.25, -0.2) is 4.39 Å². The van der Waals surface area contributed by atoms with Gasteiger partial charge in [-0.1, -0.05) is 29.4 Å². The second-order valence-electron chi connectivity index (χ2n) is 6.33. The van der Waals surface area contributed by atoms with E-state index in [1.54, 1.807) is 50.4 Å². The van der Waals surface area contributed by atoms with Crippen LogP contribution in [0.2, 0.25) is 0 Å². The van der Waals surface area contributed by atoms with E-state index in [9.17, 15) is 13.4 Å². The monoisotopic (exact) mass is 417 g/mol. The number of methoxy groups -OCH3 is 1. The summed E-state index contributed by atoms with van der Waals surface area (Å²) in [6.45, 7) is 1.83. The van der Waals surface area contributed by atoms with Crippen LogP contribution in [-0.4, -0.2) is 33.1 Å². The van der Waals surface area contributed by atoms with Crippen molar-refractivity contribution in [1.82, 2.24) is 15.5 Å². The molecule has 0 aliphatic rings. The quantitative estimate of drug-likeness (QED) is 0.606. The first-order valence-electron chi connectivity index (χ1n) is 8.78. The van der Waals surface area contributed by atoms with Crippen molar-refractivity contribution in [2.24, 2.45) is 0 Å². The normalized spacial score (nSPS) is 11.8. The SMILES string of the molecule is COc1cccc(-c2noc(CS(=O)CC(=O)NCc3ccc(C)c(F)c3)n2)c1. The number of carbonyl (C=O) groups is 1. The van der Waals surface area contributed by atoms with Gasteiger partial charge in [-0.15, -0.1) is 0 Å². The fourth-order valence-corrected chi connectivity index (χ4v) is 3.42. The van der Waals surface area contributed by atoms with Crippen LogP contribution in [0.1, 0.15) is 17.0 Å². The first kappa shape index (κ1) is 20.7. The average Bonchev–Trinajstić information content (AvgIpc) is 3.17. The molecule has 0 fully saturated rings. The minimum atomic E-state index is -1.52. The molecule has 0 radical (unpaired) electrons. The van der Waals surface area contributed by atoms with Crippen LogP contribution in [0.15, 0.2) is 47.0 Å². The molecule has 1 amide bonds. The summed E-state index contributed by atoms with van der Waals surface area (Å²) < 4.78 is 36.0. The number of aromatic nitrogens is 2. The lowest BCUT2D eigenvalue weighted by molar-refractivity contribution is -0.118. The van der Waals surface area contributed by atoms with Gasteiger partial charge in [0.2, 0.25) is 17.6 Å². The van der Waals surface area contributed by atoms with E-state index in [2.05, 4.69) is 15.5 Å². The summed E-state index contributed by atoms with van der Waals surface area (Å²) in [5.41, 5.74) is 1.87. The van der Waals surface area contributed by atoms with Crippen LogP contribution in [0.4, 0.5) is 4.39 Å². The van der Waals surface area contributed by atoms with E-state index in [0.29, 0.717) is 28.3 Å². The van der Waals surface area contributed by atoms with Crippen molar-refractivity contribution in [2.45, 2.75) is 19.2 Å². The van der Waals surface area contributed by atoms with E-state index >= 15 is 0 Å². The summed E-state index contributed by atoms with van der Waals surface area (Å²) in [6.07, 6.45) is 0. The van der Waals surface area contributed by atoms with Crippen molar-refractivity contribution in [2.75, 3.05) is 12.9 Å². The number of aryl methyl sites for hydroxylation is 1. The Morgan fingerprint density at radius 1 is 1.28 bits per heavy atom. The van der Waals surface area contributed by atoms with Gasteiger partial charge in [-0.05, 0) is 36.2 Å². The lowest BCUT2D eigenvalue weighted by Gasteiger charge is -2.06. The number of nitrogens with one attached hydrogen (secondary N) is 1. The zero-order valence-corrected chi connectivity index (χ0v) is 16.8. The molecule has 1 aromatic heterocycles. The Balaban J connectivity index is 1.52. The highest BCUT2D eigenvalue weighted by molar-refractivity contribution is 7.84. The number of hydrogen-bond donors (Lipinski definition) is 1. The predicted octanol–water partition coefficient (Wildman–Crippen LogP) is 2.76. The highest BCUT2D eigenvalue weighted by atomic mass is 32.2. The number of amides is 1. The Bertz CT molecular complexity index is 1040. The molecule has 152 valence electrons. The van der Waals surface area contributed by atoms with Crippen molar-refractivity contribution in [3.05, 3.63) is 65.3 Å². The summed E-state index contributed by atoms with van der Waals surface area (Å²) in [6, 6.07) is 11.9. The van der Waals surface area contributed by atoms with Crippen LogP contribution in [0.5, 0.6) is 5.75 Å². The minimum absolute atomic E-state index is 0.0381. The molecule has 1 N–H and O–H groups in total. The van der Waals surface area contributed by atoms with E-state index in [-0.39, 0.29) is 29.8 Å². The third-order valence-electron chi connectivity index (χ3n) is 4.10. The first-order valence-corrected chi connectivity index (χ1v) is 10.3. The third-order valence-corrected chi connectivity index (χ3v) is 5.25. The molecule has 0 bridgehead atoms. The standard InChI is InChI=1S/C20H20FN3O4S/c1-13-6-7-14(8-17(13)21)10-22-18(25)11-29(26)12-19-23-20(24-28-19)15-4-3-5-16(9-15)27-2/h3-9H,10-12H2,1-2H3,(H,22,25). The molecule has 9 heteroatoms. The van der Waals surface area contributed by atoms with Gasteiger partial charge in [-0.2, -0.15) is 4.98 Å². The predicted molar refractivity (Wildman–Crippen MR) is 106 cm³/mol. The second kappa shape index (κ2) is 9.42. The van der Waals surface area contributed by atoms with Gasteiger partial charge >= 0.3 is 0 Å². The Morgan fingerprint density at radius 2 is 2.10 bits per heavy atom. The smallest absolute Gasteiger partial charge is 0.239 e. The zero-order valence-electron chi connectivity index (χ0n) is 16.0. The molecule has 1 atom stereocenters. The minimum Gasteiger partial charge on any atom is -0.497 e. The van der Waals surface area contributed by atoms with Crippen LogP contribution in [0.25, 0.3) is 11.4 Å². The number of carbonyl (C=O) groups excluding carboxylic acids is 1. The Kier molecular flexibility index (Phi) is 6.71. The van der Waals surface area contributed by atoms with Gasteiger partial charge < -0.3 is 14.6 Å². The largest absolute Gasteiger partial charge is 0.497 e. The van der Waals surface area contributed by atoms with Crippen LogP contribution in [0, 0.1) is 12.7 Å². The number of nitrogens with zero attached hydrogens (tertiary/aromatic N) is 2. The number of hydrogen-bond acceptors (Lipinski definition) is 6. The zero-order chi connectivity index (χ0) is 20.8. The van der Waals surface area contributed by atoms with E-state index < -0.39 is 16.7 Å². The number of halogens is 1. The molecule has 29 heavy (non-hydrogen) atoms. The molecular weight excluding hydrogens is 397 g/mol. The molecule has 0 aliphatic heterocycles. The van der Waals surface area contributed by atoms with E-state index in [1.165, 1.54) is 6.07 Å². The molecule has 0 saturated carbocycles. The third kappa shape index (κ3) is 5.71. The van der Waals surface area contributed by atoms with Gasteiger partial charge in [0.15, 0.2) is 0 Å². The van der Waals surface area contributed by atoms with Crippen LogP contribution < -0.4 is 10.1 Å². The van der Waals surface area contributed by atoms with Crippen LogP contribution >= 0.6 is 0 Å². The number of benzene rings is 2. The Hall–Kier alpha value is -3.07. The van der Waals surface area contributed by atoms with Gasteiger partial charge in [0.1, 0.15) is 23.1 Å². The topological polar surface area (TPSA) is 94.3 Å². The maximum Gasteiger partial charge on any atom is 0.239 e. The summed E-state index contributed by atoms with van der Waals surface area (Å²) >= 11 is 0. The van der Waals surface area contributed by atoms with E-state index in [0.717, 1.165) is 0 Å². The molecule has 3 rings (SSSR count). The molecule has 1 heterocycles. The highest BCUT2D eigenvalue weighted by Gasteiger charge is 2.15. The molecular formula is C20H20FN3O4S.